The van der Waals surface area contributed by atoms with Gasteiger partial charge in [-0.3, -0.25) is 0 Å². The van der Waals surface area contributed by atoms with Crippen LogP contribution in [0.25, 0.3) is 0 Å². The highest BCUT2D eigenvalue weighted by Crippen LogP contribution is 2.37. The third-order valence-corrected chi connectivity index (χ3v) is 5.04. The molecule has 2 atom stereocenters. The molecule has 24 heavy (non-hydrogen) atoms. The van der Waals surface area contributed by atoms with Crippen LogP contribution in [0.5, 0.6) is 0 Å². The second kappa shape index (κ2) is 8.87. The summed E-state index contributed by atoms with van der Waals surface area (Å²) < 4.78 is 0. The molecule has 1 aliphatic rings. The van der Waals surface area contributed by atoms with Gasteiger partial charge in [-0.2, -0.15) is 0 Å². The van der Waals surface area contributed by atoms with Gasteiger partial charge in [0, 0.05) is 12.0 Å². The Hall–Kier alpha value is -1.06. The Morgan fingerprint density at radius 2 is 1.58 bits per heavy atom. The molecule has 2 nitrogen and oxygen atoms in total. The molecule has 0 fully saturated rings. The normalized spacial score (nSPS) is 21.8. The molecule has 0 spiro atoms. The number of rotatable bonds is 5. The average Bonchev–Trinajstić information content (AvgIpc) is 2.83. The fourth-order valence-electron chi connectivity index (χ4n) is 3.83. The highest BCUT2D eigenvalue weighted by Gasteiger charge is 2.43. The van der Waals surface area contributed by atoms with E-state index in [1.807, 2.05) is 0 Å². The van der Waals surface area contributed by atoms with Crippen LogP contribution in [0.3, 0.4) is 0 Å². The first-order chi connectivity index (χ1) is 10.6. The van der Waals surface area contributed by atoms with Crippen molar-refractivity contribution >= 4 is 5.69 Å². The van der Waals surface area contributed by atoms with Gasteiger partial charge >= 0.3 is 0 Å². The number of halogens is 2. The molecule has 0 amide bonds. The molecule has 0 saturated heterocycles. The fourth-order valence-corrected chi connectivity index (χ4v) is 3.83. The topological polar surface area (TPSA) is 8.88 Å². The van der Waals surface area contributed by atoms with Crippen molar-refractivity contribution in [1.82, 2.24) is 0 Å². The van der Waals surface area contributed by atoms with Crippen molar-refractivity contribution in [3.05, 3.63) is 65.7 Å². The highest BCUT2D eigenvalue weighted by atomic mass is 35.5. The van der Waals surface area contributed by atoms with Gasteiger partial charge in [-0.25, -0.2) is 0 Å². The first kappa shape index (κ1) is 21.0. The second-order valence-electron chi connectivity index (χ2n) is 7.08. The molecule has 3 rings (SSSR count). The van der Waals surface area contributed by atoms with E-state index in [0.717, 1.165) is 0 Å². The molecule has 2 N–H and O–H groups in total. The van der Waals surface area contributed by atoms with Gasteiger partial charge in [0.1, 0.15) is 5.69 Å². The van der Waals surface area contributed by atoms with Gasteiger partial charge in [-0.1, -0.05) is 48.5 Å². The molecule has 4 heteroatoms. The van der Waals surface area contributed by atoms with E-state index in [4.69, 9.17) is 0 Å². The van der Waals surface area contributed by atoms with Crippen LogP contribution in [0.15, 0.2) is 54.6 Å². The summed E-state index contributed by atoms with van der Waals surface area (Å²) in [5, 5.41) is 0. The van der Waals surface area contributed by atoms with Crippen molar-refractivity contribution in [3.63, 3.8) is 0 Å². The maximum Gasteiger partial charge on any atom is 0.135 e. The molecule has 0 aliphatic carbocycles. The lowest BCUT2D eigenvalue weighted by Crippen LogP contribution is -3.09. The minimum atomic E-state index is 0. The monoisotopic (exact) mass is 366 g/mol. The minimum absolute atomic E-state index is 0. The second-order valence-corrected chi connectivity index (χ2v) is 7.08. The van der Waals surface area contributed by atoms with E-state index >= 15 is 0 Å². The summed E-state index contributed by atoms with van der Waals surface area (Å²) in [6, 6.07) is 20.0. The van der Waals surface area contributed by atoms with E-state index in [-0.39, 0.29) is 30.2 Å². The van der Waals surface area contributed by atoms with Crippen LogP contribution in [-0.2, 0) is 5.41 Å². The Kier molecular flexibility index (Phi) is 7.75. The number of para-hydroxylation sites is 1. The molecule has 0 saturated carbocycles. The predicted molar refractivity (Wildman–Crippen MR) is 92.0 cm³/mol. The van der Waals surface area contributed by atoms with Crippen molar-refractivity contribution in [3.8, 4) is 0 Å². The van der Waals surface area contributed by atoms with Gasteiger partial charge in [-0.15, -0.1) is 0 Å². The van der Waals surface area contributed by atoms with Crippen molar-refractivity contribution in [1.29, 1.82) is 0 Å². The zero-order valence-electron chi connectivity index (χ0n) is 14.8. The van der Waals surface area contributed by atoms with Crippen LogP contribution in [0.4, 0.5) is 5.69 Å². The zero-order chi connectivity index (χ0) is 15.6. The van der Waals surface area contributed by atoms with Gasteiger partial charge in [0.15, 0.2) is 0 Å². The van der Waals surface area contributed by atoms with Crippen molar-refractivity contribution in [2.75, 3.05) is 33.7 Å². The molecular weight excluding hydrogens is 339 g/mol. The van der Waals surface area contributed by atoms with Gasteiger partial charge in [0.2, 0.25) is 0 Å². The van der Waals surface area contributed by atoms with E-state index < -0.39 is 0 Å². The lowest BCUT2D eigenvalue weighted by atomic mass is 9.78. The smallest absolute Gasteiger partial charge is 0.135 e. The third kappa shape index (κ3) is 4.12. The quantitative estimate of drug-likeness (QED) is 0.524. The van der Waals surface area contributed by atoms with Crippen LogP contribution in [-0.4, -0.2) is 33.7 Å². The molecule has 1 aliphatic heterocycles. The molecule has 2 aromatic carbocycles. The number of fused-ring (bicyclic) bond motifs is 1. The molecule has 0 radical (unpaired) electrons. The van der Waals surface area contributed by atoms with Gasteiger partial charge in [0.25, 0.3) is 0 Å². The lowest BCUT2D eigenvalue weighted by molar-refractivity contribution is -0.869. The summed E-state index contributed by atoms with van der Waals surface area (Å²) in [5.74, 6) is 0. The molecule has 1 heterocycles. The summed E-state index contributed by atoms with van der Waals surface area (Å²) in [7, 11) is 4.47. The van der Waals surface area contributed by atoms with Crippen LogP contribution < -0.4 is 34.6 Å². The van der Waals surface area contributed by atoms with Crippen LogP contribution in [0.2, 0.25) is 0 Å². The third-order valence-electron chi connectivity index (χ3n) is 5.04. The van der Waals surface area contributed by atoms with E-state index in [2.05, 4.69) is 75.6 Å². The van der Waals surface area contributed by atoms with E-state index in [9.17, 15) is 0 Å². The highest BCUT2D eigenvalue weighted by molar-refractivity contribution is 5.53. The number of nitrogens with one attached hydrogen (secondary N) is 2. The average molecular weight is 367 g/mol. The zero-order valence-corrected chi connectivity index (χ0v) is 16.3. The van der Waals surface area contributed by atoms with Gasteiger partial charge < -0.3 is 34.6 Å². The van der Waals surface area contributed by atoms with Crippen LogP contribution in [0.1, 0.15) is 24.5 Å². The van der Waals surface area contributed by atoms with Crippen LogP contribution >= 0.6 is 0 Å². The molecule has 0 aromatic heterocycles. The van der Waals surface area contributed by atoms with Crippen molar-refractivity contribution in [2.24, 2.45) is 0 Å². The Morgan fingerprint density at radius 1 is 0.958 bits per heavy atom. The largest absolute Gasteiger partial charge is 1.00 e. The van der Waals surface area contributed by atoms with E-state index in [0.29, 0.717) is 0 Å². The van der Waals surface area contributed by atoms with Crippen molar-refractivity contribution in [2.45, 2.75) is 18.8 Å². The Balaban J connectivity index is 0.00000144. The molecule has 132 valence electrons. The fraction of sp³-hybridized carbons (Fsp3) is 0.400. The summed E-state index contributed by atoms with van der Waals surface area (Å²) in [6.45, 7) is 6.04. The SMILES string of the molecule is C[NH+](C)CCC[NH+]1CC(C)(c2ccccc2)c2ccccc21.[Cl-].[Cl-]. The summed E-state index contributed by atoms with van der Waals surface area (Å²) in [5.41, 5.74) is 4.59. The summed E-state index contributed by atoms with van der Waals surface area (Å²) in [4.78, 5) is 3.18. The number of quaternary nitrogens is 2. The summed E-state index contributed by atoms with van der Waals surface area (Å²) in [6.07, 6.45) is 1.27. The molecular formula is C20H28Cl2N2. The number of hydrogen-bond donors (Lipinski definition) is 2. The summed E-state index contributed by atoms with van der Waals surface area (Å²) >= 11 is 0. The maximum atomic E-state index is 2.41. The molecule has 2 aromatic rings. The van der Waals surface area contributed by atoms with Gasteiger partial charge in [-0.05, 0) is 18.6 Å². The standard InChI is InChI=1S/C20H26N2.2ClH/c1-20(17-10-5-4-6-11-17)16-22(15-9-14-21(2)3)19-13-8-7-12-18(19)20;;/h4-8,10-13H,9,14-16H2,1-3H3;2*1H. The minimum Gasteiger partial charge on any atom is -1.00 e. The Morgan fingerprint density at radius 3 is 2.25 bits per heavy atom. The first-order valence-electron chi connectivity index (χ1n) is 8.40. The number of hydrogen-bond acceptors (Lipinski definition) is 0. The Bertz CT molecular complexity index is 631. The van der Waals surface area contributed by atoms with Crippen molar-refractivity contribution < 1.29 is 34.6 Å². The Labute approximate surface area is 158 Å². The first-order valence-corrected chi connectivity index (χ1v) is 8.40. The molecule has 0 bridgehead atoms. The van der Waals surface area contributed by atoms with Crippen LogP contribution in [0, 0.1) is 0 Å². The molecule has 2 unspecified atom stereocenters. The lowest BCUT2D eigenvalue weighted by Gasteiger charge is -2.23. The maximum absolute atomic E-state index is 2.41. The predicted octanol–water partition coefficient (Wildman–Crippen LogP) is -4.93. The van der Waals surface area contributed by atoms with E-state index in [1.165, 1.54) is 47.8 Å². The number of benzene rings is 2. The van der Waals surface area contributed by atoms with E-state index in [1.54, 1.807) is 4.90 Å². The van der Waals surface area contributed by atoms with Gasteiger partial charge in [0.05, 0.1) is 39.1 Å².